The molecule has 3 aromatic heterocycles. The van der Waals surface area contributed by atoms with Gasteiger partial charge >= 0.3 is 0 Å². The first-order valence-electron chi connectivity index (χ1n) is 7.72. The zero-order valence-electron chi connectivity index (χ0n) is 13.4. The smallest absolute Gasteiger partial charge is 0.272 e. The van der Waals surface area contributed by atoms with Crippen LogP contribution in [0.15, 0.2) is 18.5 Å². The van der Waals surface area contributed by atoms with Crippen molar-refractivity contribution in [3.8, 4) is 5.82 Å². The summed E-state index contributed by atoms with van der Waals surface area (Å²) in [6.07, 6.45) is 2.32. The molecule has 10 nitrogen and oxygen atoms in total. The van der Waals surface area contributed by atoms with Crippen molar-refractivity contribution < 1.29 is 4.79 Å². The first-order valence-corrected chi connectivity index (χ1v) is 7.72. The van der Waals surface area contributed by atoms with E-state index in [-0.39, 0.29) is 11.9 Å². The third-order valence-electron chi connectivity index (χ3n) is 4.22. The molecule has 1 atom stereocenters. The third kappa shape index (κ3) is 2.45. The number of tetrazole rings is 1. The Morgan fingerprint density at radius 2 is 2.21 bits per heavy atom. The maximum atomic E-state index is 12.7. The van der Waals surface area contributed by atoms with E-state index in [0.717, 1.165) is 17.8 Å². The summed E-state index contributed by atoms with van der Waals surface area (Å²) in [5.74, 6) is 0.406. The minimum absolute atomic E-state index is 0.0779. The summed E-state index contributed by atoms with van der Waals surface area (Å²) in [6.45, 7) is 5.35. The van der Waals surface area contributed by atoms with Crippen LogP contribution in [0.1, 0.15) is 34.3 Å². The fraction of sp³-hybridized carbons (Fsp3) is 0.429. The molecular formula is C14H17N9O. The molecule has 24 heavy (non-hydrogen) atoms. The third-order valence-corrected chi connectivity index (χ3v) is 4.22. The number of hydrogen-bond acceptors (Lipinski definition) is 6. The first-order chi connectivity index (χ1) is 11.6. The van der Waals surface area contributed by atoms with Crippen molar-refractivity contribution in [1.29, 1.82) is 0 Å². The molecule has 1 N–H and O–H groups in total. The lowest BCUT2D eigenvalue weighted by molar-refractivity contribution is 0.0781. The number of hydrogen-bond donors (Lipinski definition) is 1. The molecule has 1 saturated heterocycles. The van der Waals surface area contributed by atoms with E-state index in [2.05, 4.69) is 36.9 Å². The SMILES string of the molecule is Cc1cc(C)n(C2CCN(C(=O)c3cc(-n4cnnn4)n[nH]3)C2)n1. The van der Waals surface area contributed by atoms with Crippen molar-refractivity contribution in [2.45, 2.75) is 26.3 Å². The lowest BCUT2D eigenvalue weighted by Crippen LogP contribution is -2.29. The number of amides is 1. The van der Waals surface area contributed by atoms with Crippen LogP contribution in [0, 0.1) is 13.8 Å². The van der Waals surface area contributed by atoms with E-state index in [1.807, 2.05) is 23.4 Å². The van der Waals surface area contributed by atoms with E-state index < -0.39 is 0 Å². The van der Waals surface area contributed by atoms with E-state index in [4.69, 9.17) is 0 Å². The number of nitrogens with zero attached hydrogens (tertiary/aromatic N) is 8. The number of aromatic nitrogens is 8. The Hall–Kier alpha value is -3.04. The first kappa shape index (κ1) is 14.5. The van der Waals surface area contributed by atoms with Gasteiger partial charge in [-0.3, -0.25) is 14.6 Å². The molecule has 0 aliphatic carbocycles. The van der Waals surface area contributed by atoms with E-state index >= 15 is 0 Å². The highest BCUT2D eigenvalue weighted by Crippen LogP contribution is 2.24. The van der Waals surface area contributed by atoms with Gasteiger partial charge in [-0.25, -0.2) is 0 Å². The molecule has 0 radical (unpaired) electrons. The van der Waals surface area contributed by atoms with Crippen LogP contribution in [0.2, 0.25) is 0 Å². The van der Waals surface area contributed by atoms with Gasteiger partial charge in [-0.15, -0.1) is 5.10 Å². The Morgan fingerprint density at radius 1 is 1.33 bits per heavy atom. The molecule has 4 rings (SSSR count). The number of likely N-dealkylation sites (tertiary alicyclic amines) is 1. The molecule has 4 heterocycles. The number of carbonyl (C=O) groups is 1. The lowest BCUT2D eigenvalue weighted by atomic mass is 10.2. The summed E-state index contributed by atoms with van der Waals surface area (Å²) in [6, 6.07) is 3.91. The van der Waals surface area contributed by atoms with Gasteiger partial charge in [-0.05, 0) is 36.8 Å². The normalized spacial score (nSPS) is 17.6. The number of H-pyrrole nitrogens is 1. The van der Waals surface area contributed by atoms with Gasteiger partial charge in [0, 0.05) is 24.8 Å². The molecule has 1 aliphatic rings. The number of rotatable bonds is 3. The molecule has 1 fully saturated rings. The number of nitrogens with one attached hydrogen (secondary N) is 1. The second-order valence-corrected chi connectivity index (χ2v) is 5.96. The van der Waals surface area contributed by atoms with Gasteiger partial charge in [0.2, 0.25) is 0 Å². The fourth-order valence-electron chi connectivity index (χ4n) is 3.12. The molecular weight excluding hydrogens is 310 g/mol. The van der Waals surface area contributed by atoms with Crippen LogP contribution in [0.3, 0.4) is 0 Å². The highest BCUT2D eigenvalue weighted by Gasteiger charge is 2.30. The quantitative estimate of drug-likeness (QED) is 0.740. The second-order valence-electron chi connectivity index (χ2n) is 5.96. The molecule has 0 saturated carbocycles. The van der Waals surface area contributed by atoms with E-state index in [1.165, 1.54) is 11.0 Å². The van der Waals surface area contributed by atoms with Crippen LogP contribution in [-0.4, -0.2) is 64.1 Å². The molecule has 0 bridgehead atoms. The maximum Gasteiger partial charge on any atom is 0.272 e. The predicted octanol–water partition coefficient (Wildman–Crippen LogP) is 0.286. The predicted molar refractivity (Wildman–Crippen MR) is 82.6 cm³/mol. The van der Waals surface area contributed by atoms with Crippen molar-refractivity contribution >= 4 is 5.91 Å². The van der Waals surface area contributed by atoms with Crippen molar-refractivity contribution in [2.75, 3.05) is 13.1 Å². The molecule has 10 heteroatoms. The molecule has 1 amide bonds. The van der Waals surface area contributed by atoms with Crippen LogP contribution in [-0.2, 0) is 0 Å². The monoisotopic (exact) mass is 327 g/mol. The van der Waals surface area contributed by atoms with Crippen molar-refractivity contribution in [1.82, 2.24) is 45.1 Å². The highest BCUT2D eigenvalue weighted by atomic mass is 16.2. The Balaban J connectivity index is 1.49. The summed E-state index contributed by atoms with van der Waals surface area (Å²) >= 11 is 0. The maximum absolute atomic E-state index is 12.7. The number of carbonyl (C=O) groups excluding carboxylic acids is 1. The summed E-state index contributed by atoms with van der Waals surface area (Å²) < 4.78 is 3.41. The summed E-state index contributed by atoms with van der Waals surface area (Å²) in [7, 11) is 0. The molecule has 124 valence electrons. The summed E-state index contributed by atoms with van der Waals surface area (Å²) in [5.41, 5.74) is 2.54. The van der Waals surface area contributed by atoms with Gasteiger partial charge in [0.15, 0.2) is 5.82 Å². The van der Waals surface area contributed by atoms with Crippen LogP contribution in [0.4, 0.5) is 0 Å². The van der Waals surface area contributed by atoms with Gasteiger partial charge in [-0.1, -0.05) is 0 Å². The largest absolute Gasteiger partial charge is 0.335 e. The highest BCUT2D eigenvalue weighted by molar-refractivity contribution is 5.92. The summed E-state index contributed by atoms with van der Waals surface area (Å²) in [4.78, 5) is 14.5. The Kier molecular flexibility index (Phi) is 3.36. The standard InChI is InChI=1S/C14H17N9O/c1-9-5-10(2)23(18-9)11-3-4-21(7-11)14(24)12-6-13(17-16-12)22-8-15-19-20-22/h5-6,8,11H,3-4,7H2,1-2H3,(H,16,17). The zero-order valence-corrected chi connectivity index (χ0v) is 13.4. The topological polar surface area (TPSA) is 110 Å². The van der Waals surface area contributed by atoms with Gasteiger partial charge in [-0.2, -0.15) is 14.9 Å². The fourth-order valence-corrected chi connectivity index (χ4v) is 3.12. The lowest BCUT2D eigenvalue weighted by Gasteiger charge is -2.16. The zero-order chi connectivity index (χ0) is 16.7. The Morgan fingerprint density at radius 3 is 2.92 bits per heavy atom. The Labute approximate surface area is 137 Å². The van der Waals surface area contributed by atoms with Crippen LogP contribution >= 0.6 is 0 Å². The summed E-state index contributed by atoms with van der Waals surface area (Å²) in [5, 5.41) is 22.2. The molecule has 1 unspecified atom stereocenters. The van der Waals surface area contributed by atoms with E-state index in [1.54, 1.807) is 6.07 Å². The molecule has 3 aromatic rings. The Bertz CT molecular complexity index is 863. The van der Waals surface area contributed by atoms with E-state index in [9.17, 15) is 4.79 Å². The number of aryl methyl sites for hydroxylation is 2. The minimum Gasteiger partial charge on any atom is -0.335 e. The van der Waals surface area contributed by atoms with Gasteiger partial charge in [0.1, 0.15) is 12.0 Å². The average molecular weight is 327 g/mol. The minimum atomic E-state index is -0.0779. The average Bonchev–Trinajstić information content (AvgIpc) is 3.34. The van der Waals surface area contributed by atoms with Gasteiger partial charge < -0.3 is 4.90 Å². The van der Waals surface area contributed by atoms with Crippen molar-refractivity contribution in [2.24, 2.45) is 0 Å². The van der Waals surface area contributed by atoms with Gasteiger partial charge in [0.25, 0.3) is 5.91 Å². The number of aromatic amines is 1. The molecule has 0 spiro atoms. The van der Waals surface area contributed by atoms with Gasteiger partial charge in [0.05, 0.1) is 11.7 Å². The van der Waals surface area contributed by atoms with Crippen molar-refractivity contribution in [3.63, 3.8) is 0 Å². The van der Waals surface area contributed by atoms with Crippen LogP contribution in [0.5, 0.6) is 0 Å². The molecule has 0 aromatic carbocycles. The van der Waals surface area contributed by atoms with Crippen LogP contribution in [0.25, 0.3) is 5.82 Å². The van der Waals surface area contributed by atoms with Crippen LogP contribution < -0.4 is 0 Å². The second kappa shape index (κ2) is 5.55. The molecule has 1 aliphatic heterocycles. The van der Waals surface area contributed by atoms with Crippen molar-refractivity contribution in [3.05, 3.63) is 35.5 Å². The van der Waals surface area contributed by atoms with E-state index in [0.29, 0.717) is 24.6 Å².